The van der Waals surface area contributed by atoms with Crippen LogP contribution < -0.4 is 0 Å². The predicted octanol–water partition coefficient (Wildman–Crippen LogP) is 5.32. The lowest BCUT2D eigenvalue weighted by Gasteiger charge is -2.37. The zero-order chi connectivity index (χ0) is 19.2. The number of aliphatic imine (C=N–C) groups is 1. The van der Waals surface area contributed by atoms with E-state index < -0.39 is 0 Å². The van der Waals surface area contributed by atoms with Gasteiger partial charge in [-0.2, -0.15) is 0 Å². The first-order valence-corrected chi connectivity index (χ1v) is 10.2. The van der Waals surface area contributed by atoms with E-state index in [2.05, 4.69) is 96.9 Å². The fourth-order valence-corrected chi connectivity index (χ4v) is 4.42. The van der Waals surface area contributed by atoms with Crippen molar-refractivity contribution < 1.29 is 0 Å². The minimum absolute atomic E-state index is 0.0276. The number of rotatable bonds is 7. The van der Waals surface area contributed by atoms with Crippen molar-refractivity contribution in [3.63, 3.8) is 0 Å². The summed E-state index contributed by atoms with van der Waals surface area (Å²) in [7, 11) is 2.22. The summed E-state index contributed by atoms with van der Waals surface area (Å²) < 4.78 is 0. The van der Waals surface area contributed by atoms with Gasteiger partial charge in [0.1, 0.15) is 0 Å². The summed E-state index contributed by atoms with van der Waals surface area (Å²) >= 11 is 0. The zero-order valence-corrected chi connectivity index (χ0v) is 16.6. The highest BCUT2D eigenvalue weighted by Gasteiger charge is 2.36. The van der Waals surface area contributed by atoms with Gasteiger partial charge in [-0.1, -0.05) is 84.9 Å². The van der Waals surface area contributed by atoms with Gasteiger partial charge in [0.25, 0.3) is 0 Å². The van der Waals surface area contributed by atoms with E-state index in [9.17, 15) is 0 Å². The molecule has 3 aromatic rings. The van der Waals surface area contributed by atoms with Crippen LogP contribution in [-0.2, 0) is 12.0 Å². The maximum absolute atomic E-state index is 4.78. The highest BCUT2D eigenvalue weighted by Crippen LogP contribution is 2.40. The summed E-state index contributed by atoms with van der Waals surface area (Å²) in [5.41, 5.74) is 5.40. The number of fused-ring (bicyclic) bond motifs is 1. The van der Waals surface area contributed by atoms with Crippen molar-refractivity contribution in [3.8, 4) is 0 Å². The fourth-order valence-electron chi connectivity index (χ4n) is 4.42. The van der Waals surface area contributed by atoms with E-state index in [4.69, 9.17) is 4.99 Å². The maximum atomic E-state index is 4.78. The molecular formula is C26H28N2. The van der Waals surface area contributed by atoms with Crippen LogP contribution >= 0.6 is 0 Å². The Morgan fingerprint density at radius 1 is 0.857 bits per heavy atom. The van der Waals surface area contributed by atoms with Gasteiger partial charge in [-0.3, -0.25) is 4.99 Å². The van der Waals surface area contributed by atoms with Crippen LogP contribution in [0, 0.1) is 0 Å². The molecule has 1 aliphatic rings. The summed E-state index contributed by atoms with van der Waals surface area (Å²) in [6.45, 7) is 2.90. The average molecular weight is 369 g/mol. The molecule has 0 aliphatic carbocycles. The van der Waals surface area contributed by atoms with Gasteiger partial charge in [-0.25, -0.2) is 0 Å². The molecular weight excluding hydrogens is 340 g/mol. The SMILES string of the molecule is CN(CCCC1(c2ccccc2)CN=Cc2ccccc21)Cc1ccccc1. The Balaban J connectivity index is 1.52. The molecule has 1 atom stereocenters. The smallest absolute Gasteiger partial charge is 0.0527 e. The Labute approximate surface area is 168 Å². The molecule has 1 unspecified atom stereocenters. The van der Waals surface area contributed by atoms with Crippen LogP contribution in [0.25, 0.3) is 0 Å². The molecule has 0 spiro atoms. The van der Waals surface area contributed by atoms with Gasteiger partial charge in [-0.05, 0) is 48.7 Å². The molecule has 0 bridgehead atoms. The van der Waals surface area contributed by atoms with Crippen molar-refractivity contribution in [2.75, 3.05) is 20.1 Å². The van der Waals surface area contributed by atoms with Gasteiger partial charge >= 0.3 is 0 Å². The van der Waals surface area contributed by atoms with Crippen molar-refractivity contribution in [2.45, 2.75) is 24.8 Å². The first-order chi connectivity index (χ1) is 13.8. The van der Waals surface area contributed by atoms with Gasteiger partial charge < -0.3 is 4.90 Å². The van der Waals surface area contributed by atoms with Crippen molar-refractivity contribution in [1.82, 2.24) is 4.90 Å². The van der Waals surface area contributed by atoms with E-state index in [1.165, 1.54) is 22.3 Å². The molecule has 1 heterocycles. The van der Waals surface area contributed by atoms with Crippen molar-refractivity contribution in [1.29, 1.82) is 0 Å². The van der Waals surface area contributed by atoms with Gasteiger partial charge in [0.05, 0.1) is 6.54 Å². The van der Waals surface area contributed by atoms with Crippen LogP contribution in [0.1, 0.15) is 35.1 Å². The lowest BCUT2D eigenvalue weighted by atomic mass is 9.69. The van der Waals surface area contributed by atoms with E-state index in [-0.39, 0.29) is 5.41 Å². The highest BCUT2D eigenvalue weighted by molar-refractivity contribution is 5.84. The number of benzene rings is 3. The third-order valence-electron chi connectivity index (χ3n) is 5.83. The van der Waals surface area contributed by atoms with E-state index in [0.717, 1.165) is 32.5 Å². The molecule has 0 saturated heterocycles. The predicted molar refractivity (Wildman–Crippen MR) is 118 cm³/mol. The second-order valence-electron chi connectivity index (χ2n) is 7.83. The molecule has 0 aromatic heterocycles. The average Bonchev–Trinajstić information content (AvgIpc) is 2.75. The Hall–Kier alpha value is -2.71. The molecule has 0 saturated carbocycles. The lowest BCUT2D eigenvalue weighted by Crippen LogP contribution is -2.36. The Morgan fingerprint density at radius 2 is 1.54 bits per heavy atom. The van der Waals surface area contributed by atoms with Crippen molar-refractivity contribution >= 4 is 6.21 Å². The van der Waals surface area contributed by atoms with Crippen LogP contribution in [0.15, 0.2) is 89.9 Å². The van der Waals surface area contributed by atoms with Crippen molar-refractivity contribution in [2.24, 2.45) is 4.99 Å². The first kappa shape index (κ1) is 18.6. The normalized spacial score (nSPS) is 18.2. The van der Waals surface area contributed by atoms with E-state index in [0.29, 0.717) is 0 Å². The quantitative estimate of drug-likeness (QED) is 0.551. The maximum Gasteiger partial charge on any atom is 0.0527 e. The fraction of sp³-hybridized carbons (Fsp3) is 0.269. The van der Waals surface area contributed by atoms with Crippen LogP contribution in [0.3, 0.4) is 0 Å². The minimum Gasteiger partial charge on any atom is -0.302 e. The lowest BCUT2D eigenvalue weighted by molar-refractivity contribution is 0.303. The molecule has 1 aliphatic heterocycles. The third-order valence-corrected chi connectivity index (χ3v) is 5.83. The highest BCUT2D eigenvalue weighted by atomic mass is 15.1. The van der Waals surface area contributed by atoms with E-state index in [1.54, 1.807) is 0 Å². The molecule has 4 rings (SSSR count). The number of nitrogens with zero attached hydrogens (tertiary/aromatic N) is 2. The summed E-state index contributed by atoms with van der Waals surface area (Å²) in [4.78, 5) is 7.20. The third kappa shape index (κ3) is 3.93. The summed E-state index contributed by atoms with van der Waals surface area (Å²) in [5, 5.41) is 0. The van der Waals surface area contributed by atoms with Crippen LogP contribution in [-0.4, -0.2) is 31.3 Å². The second-order valence-corrected chi connectivity index (χ2v) is 7.83. The van der Waals surface area contributed by atoms with Gasteiger partial charge in [-0.15, -0.1) is 0 Å². The Morgan fingerprint density at radius 3 is 2.32 bits per heavy atom. The monoisotopic (exact) mass is 368 g/mol. The topological polar surface area (TPSA) is 15.6 Å². The van der Waals surface area contributed by atoms with Crippen molar-refractivity contribution in [3.05, 3.63) is 107 Å². The van der Waals surface area contributed by atoms with E-state index in [1.807, 2.05) is 6.21 Å². The Bertz CT molecular complexity index is 917. The largest absolute Gasteiger partial charge is 0.302 e. The molecule has 28 heavy (non-hydrogen) atoms. The minimum atomic E-state index is -0.0276. The van der Waals surface area contributed by atoms with Gasteiger partial charge in [0.15, 0.2) is 0 Å². The molecule has 3 aromatic carbocycles. The molecule has 0 amide bonds. The Kier molecular flexibility index (Phi) is 5.68. The second kappa shape index (κ2) is 8.53. The summed E-state index contributed by atoms with van der Waals surface area (Å²) in [6, 6.07) is 30.4. The molecule has 2 nitrogen and oxygen atoms in total. The summed E-state index contributed by atoms with van der Waals surface area (Å²) in [6.07, 6.45) is 4.28. The van der Waals surface area contributed by atoms with Crippen LogP contribution in [0.2, 0.25) is 0 Å². The van der Waals surface area contributed by atoms with E-state index >= 15 is 0 Å². The van der Waals surface area contributed by atoms with Gasteiger partial charge in [0, 0.05) is 18.2 Å². The molecule has 2 heteroatoms. The molecule has 0 radical (unpaired) electrons. The number of hydrogen-bond donors (Lipinski definition) is 0. The summed E-state index contributed by atoms with van der Waals surface area (Å²) in [5.74, 6) is 0. The molecule has 142 valence electrons. The molecule has 0 N–H and O–H groups in total. The zero-order valence-electron chi connectivity index (χ0n) is 16.6. The standard InChI is InChI=1S/C26H28N2/c1-28(20-22-11-4-2-5-12-22)18-10-17-26(24-14-6-3-7-15-24)21-27-19-23-13-8-9-16-25(23)26/h2-9,11-16,19H,10,17-18,20-21H2,1H3. The first-order valence-electron chi connectivity index (χ1n) is 10.2. The van der Waals surface area contributed by atoms with Gasteiger partial charge in [0.2, 0.25) is 0 Å². The number of hydrogen-bond acceptors (Lipinski definition) is 2. The van der Waals surface area contributed by atoms with Crippen LogP contribution in [0.5, 0.6) is 0 Å². The molecule has 0 fully saturated rings. The van der Waals surface area contributed by atoms with Crippen LogP contribution in [0.4, 0.5) is 0 Å².